The predicted octanol–water partition coefficient (Wildman–Crippen LogP) is 2.44. The smallest absolute Gasteiger partial charge is 0.126 e. The van der Waals surface area contributed by atoms with Crippen molar-refractivity contribution in [2.45, 2.75) is 19.1 Å². The maximum Gasteiger partial charge on any atom is 0.126 e. The number of benzene rings is 1. The average molecular weight is 214 g/mol. The van der Waals surface area contributed by atoms with E-state index in [0.29, 0.717) is 18.8 Å². The van der Waals surface area contributed by atoms with Crippen LogP contribution < -0.4 is 0 Å². The lowest BCUT2D eigenvalue weighted by Gasteiger charge is -2.12. The highest BCUT2D eigenvalue weighted by atomic mass is 19.1. The van der Waals surface area contributed by atoms with Crippen molar-refractivity contribution in [3.8, 4) is 0 Å². The van der Waals surface area contributed by atoms with Gasteiger partial charge in [0, 0.05) is 6.07 Å². The van der Waals surface area contributed by atoms with Crippen LogP contribution in [-0.4, -0.2) is 19.3 Å². The van der Waals surface area contributed by atoms with Gasteiger partial charge in [-0.05, 0) is 24.6 Å². The van der Waals surface area contributed by atoms with E-state index in [1.165, 1.54) is 12.1 Å². The van der Waals surface area contributed by atoms with Gasteiger partial charge in [-0.3, -0.25) is 0 Å². The molecule has 0 saturated carbocycles. The van der Waals surface area contributed by atoms with E-state index >= 15 is 0 Å². The van der Waals surface area contributed by atoms with Crippen molar-refractivity contribution < 1.29 is 18.3 Å². The first-order valence-electron chi connectivity index (χ1n) is 4.84. The van der Waals surface area contributed by atoms with E-state index < -0.39 is 11.6 Å². The van der Waals surface area contributed by atoms with Gasteiger partial charge in [0.2, 0.25) is 0 Å². The van der Waals surface area contributed by atoms with Gasteiger partial charge in [-0.15, -0.1) is 0 Å². The minimum Gasteiger partial charge on any atom is -0.371 e. The highest BCUT2D eigenvalue weighted by Gasteiger charge is 2.23. The van der Waals surface area contributed by atoms with Crippen molar-refractivity contribution in [1.82, 2.24) is 0 Å². The van der Waals surface area contributed by atoms with E-state index in [9.17, 15) is 8.78 Å². The number of rotatable bonds is 4. The van der Waals surface area contributed by atoms with Crippen LogP contribution in [0.15, 0.2) is 18.2 Å². The maximum atomic E-state index is 12.9. The van der Waals surface area contributed by atoms with Crippen molar-refractivity contribution in [2.24, 2.45) is 0 Å². The van der Waals surface area contributed by atoms with Crippen LogP contribution in [0.3, 0.4) is 0 Å². The van der Waals surface area contributed by atoms with Crippen molar-refractivity contribution in [1.29, 1.82) is 0 Å². The molecule has 2 nitrogen and oxygen atoms in total. The number of halogens is 2. The molecule has 1 fully saturated rings. The fraction of sp³-hybridized carbons (Fsp3) is 0.455. The van der Waals surface area contributed by atoms with Crippen LogP contribution in [-0.2, 0) is 9.47 Å². The molecule has 0 spiro atoms. The topological polar surface area (TPSA) is 21.8 Å². The van der Waals surface area contributed by atoms with E-state index in [1.54, 1.807) is 6.92 Å². The summed E-state index contributed by atoms with van der Waals surface area (Å²) >= 11 is 0. The molecule has 2 rings (SSSR count). The van der Waals surface area contributed by atoms with Crippen LogP contribution in [0, 0.1) is 11.6 Å². The molecular formula is C11H12F2O2. The summed E-state index contributed by atoms with van der Waals surface area (Å²) in [7, 11) is 0. The van der Waals surface area contributed by atoms with Crippen molar-refractivity contribution in [2.75, 3.05) is 13.2 Å². The molecular weight excluding hydrogens is 202 g/mol. The molecule has 1 heterocycles. The second-order valence-corrected chi connectivity index (χ2v) is 3.63. The molecule has 1 aliphatic rings. The number of hydrogen-bond donors (Lipinski definition) is 0. The van der Waals surface area contributed by atoms with Gasteiger partial charge in [-0.1, -0.05) is 0 Å². The molecule has 15 heavy (non-hydrogen) atoms. The largest absolute Gasteiger partial charge is 0.371 e. The lowest BCUT2D eigenvalue weighted by atomic mass is 10.1. The van der Waals surface area contributed by atoms with E-state index in [-0.39, 0.29) is 12.2 Å². The third-order valence-corrected chi connectivity index (χ3v) is 2.29. The quantitative estimate of drug-likeness (QED) is 0.718. The Morgan fingerprint density at radius 1 is 1.40 bits per heavy atom. The van der Waals surface area contributed by atoms with Crippen LogP contribution >= 0.6 is 0 Å². The number of epoxide rings is 1. The van der Waals surface area contributed by atoms with Crippen LogP contribution in [0.25, 0.3) is 0 Å². The standard InChI is InChI=1S/C11H12F2O2/c1-7(14-5-11-6-15-11)8-2-9(12)4-10(13)3-8/h2-4,7,11H,5-6H2,1H3/t7-,11-/m0/s1. The minimum atomic E-state index is -0.580. The summed E-state index contributed by atoms with van der Waals surface area (Å²) in [5.41, 5.74) is 0.508. The monoisotopic (exact) mass is 214 g/mol. The molecule has 2 atom stereocenters. The molecule has 4 heteroatoms. The van der Waals surface area contributed by atoms with Crippen LogP contribution in [0.1, 0.15) is 18.6 Å². The number of ether oxygens (including phenoxy) is 2. The van der Waals surface area contributed by atoms with Crippen LogP contribution in [0.5, 0.6) is 0 Å². The molecule has 0 aliphatic carbocycles. The van der Waals surface area contributed by atoms with Gasteiger partial charge >= 0.3 is 0 Å². The van der Waals surface area contributed by atoms with E-state index in [2.05, 4.69) is 0 Å². The second-order valence-electron chi connectivity index (χ2n) is 3.63. The average Bonchev–Trinajstić information content (AvgIpc) is 2.96. The van der Waals surface area contributed by atoms with Gasteiger partial charge in [0.1, 0.15) is 17.7 Å². The number of hydrogen-bond acceptors (Lipinski definition) is 2. The van der Waals surface area contributed by atoms with Gasteiger partial charge in [0.25, 0.3) is 0 Å². The summed E-state index contributed by atoms with van der Waals surface area (Å²) in [5.74, 6) is -1.16. The van der Waals surface area contributed by atoms with E-state index in [1.807, 2.05) is 0 Å². The molecule has 0 amide bonds. The molecule has 1 aliphatic heterocycles. The molecule has 1 aromatic carbocycles. The Labute approximate surface area is 86.8 Å². The fourth-order valence-corrected chi connectivity index (χ4v) is 1.32. The third-order valence-electron chi connectivity index (χ3n) is 2.29. The third kappa shape index (κ3) is 2.97. The molecule has 0 unspecified atom stereocenters. The first-order chi connectivity index (χ1) is 7.15. The lowest BCUT2D eigenvalue weighted by Crippen LogP contribution is -2.06. The normalized spacial score (nSPS) is 21.4. The molecule has 1 aromatic rings. The zero-order chi connectivity index (χ0) is 10.8. The molecule has 0 aromatic heterocycles. The maximum absolute atomic E-state index is 12.9. The molecule has 0 bridgehead atoms. The Balaban J connectivity index is 1.99. The SMILES string of the molecule is C[C@H](OC[C@H]1CO1)c1cc(F)cc(F)c1. The first-order valence-corrected chi connectivity index (χ1v) is 4.84. The van der Waals surface area contributed by atoms with Crippen LogP contribution in [0.4, 0.5) is 8.78 Å². The Bertz CT molecular complexity index is 330. The molecule has 0 N–H and O–H groups in total. The van der Waals surface area contributed by atoms with E-state index in [4.69, 9.17) is 9.47 Å². The van der Waals surface area contributed by atoms with Crippen LogP contribution in [0.2, 0.25) is 0 Å². The van der Waals surface area contributed by atoms with Crippen molar-refractivity contribution >= 4 is 0 Å². The van der Waals surface area contributed by atoms with Crippen molar-refractivity contribution in [3.63, 3.8) is 0 Å². The van der Waals surface area contributed by atoms with Crippen molar-refractivity contribution in [3.05, 3.63) is 35.4 Å². The highest BCUT2D eigenvalue weighted by Crippen LogP contribution is 2.21. The zero-order valence-electron chi connectivity index (χ0n) is 8.37. The molecule has 82 valence electrons. The highest BCUT2D eigenvalue weighted by molar-refractivity contribution is 5.19. The summed E-state index contributed by atoms with van der Waals surface area (Å²) in [6.07, 6.45) is -0.162. The Hall–Kier alpha value is -1.00. The Morgan fingerprint density at radius 3 is 2.53 bits per heavy atom. The summed E-state index contributed by atoms with van der Waals surface area (Å²) in [6.45, 7) is 2.94. The fourth-order valence-electron chi connectivity index (χ4n) is 1.32. The second kappa shape index (κ2) is 4.24. The van der Waals surface area contributed by atoms with Gasteiger partial charge in [0.05, 0.1) is 19.3 Å². The van der Waals surface area contributed by atoms with E-state index in [0.717, 1.165) is 6.07 Å². The Kier molecular flexibility index (Phi) is 2.98. The summed E-state index contributed by atoms with van der Waals surface area (Å²) in [5, 5.41) is 0. The summed E-state index contributed by atoms with van der Waals surface area (Å²) in [6, 6.07) is 3.41. The predicted molar refractivity (Wildman–Crippen MR) is 50.5 cm³/mol. The van der Waals surface area contributed by atoms with Gasteiger partial charge in [-0.2, -0.15) is 0 Å². The van der Waals surface area contributed by atoms with Gasteiger partial charge < -0.3 is 9.47 Å². The first kappa shape index (κ1) is 10.5. The molecule has 1 saturated heterocycles. The molecule has 0 radical (unpaired) electrons. The summed E-state index contributed by atoms with van der Waals surface area (Å²) in [4.78, 5) is 0. The summed E-state index contributed by atoms with van der Waals surface area (Å²) < 4.78 is 36.1. The zero-order valence-corrected chi connectivity index (χ0v) is 8.37. The van der Waals surface area contributed by atoms with Gasteiger partial charge in [0.15, 0.2) is 0 Å². The lowest BCUT2D eigenvalue weighted by molar-refractivity contribution is 0.0536. The Morgan fingerprint density at radius 2 is 2.00 bits per heavy atom. The van der Waals surface area contributed by atoms with Gasteiger partial charge in [-0.25, -0.2) is 8.78 Å². The minimum absolute atomic E-state index is 0.158.